The van der Waals surface area contributed by atoms with Gasteiger partial charge in [0.2, 0.25) is 0 Å². The van der Waals surface area contributed by atoms with Crippen LogP contribution in [0.15, 0.2) is 43.8 Å². The number of hydrogen-bond donors (Lipinski definition) is 0. The molecule has 162 valence electrons. The van der Waals surface area contributed by atoms with Crippen LogP contribution < -0.4 is 24.8 Å². The Bertz CT molecular complexity index is 687. The molecule has 1 unspecified atom stereocenters. The van der Waals surface area contributed by atoms with Gasteiger partial charge in [-0.1, -0.05) is 0 Å². The van der Waals surface area contributed by atoms with Crippen molar-refractivity contribution in [2.75, 3.05) is 0 Å². The normalized spacial score (nSPS) is 26.6. The summed E-state index contributed by atoms with van der Waals surface area (Å²) in [4.78, 5) is 0. The molecule has 3 rings (SSSR count). The molecule has 3 heteroatoms. The minimum atomic E-state index is -0.737. The summed E-state index contributed by atoms with van der Waals surface area (Å²) in [6, 6.07) is 0. The van der Waals surface area contributed by atoms with Gasteiger partial charge < -0.3 is 24.8 Å². The maximum atomic E-state index is 2.80. The van der Waals surface area contributed by atoms with Crippen molar-refractivity contribution in [2.24, 2.45) is 11.3 Å². The molecule has 0 nitrogen and oxygen atoms in total. The van der Waals surface area contributed by atoms with Gasteiger partial charge in [-0.15, -0.1) is 0 Å². The van der Waals surface area contributed by atoms with Crippen LogP contribution in [0.3, 0.4) is 0 Å². The minimum absolute atomic E-state index is 0. The van der Waals surface area contributed by atoms with Crippen LogP contribution in [0.1, 0.15) is 99.3 Å². The molecule has 1 saturated carbocycles. The Kier molecular flexibility index (Phi) is 10.7. The minimum Gasteiger partial charge on any atom is -1.00 e. The zero-order chi connectivity index (χ0) is 19.7. The van der Waals surface area contributed by atoms with Crippen molar-refractivity contribution in [2.45, 2.75) is 102 Å². The molecular weight excluding hydrogens is 474 g/mol. The second-order valence-electron chi connectivity index (χ2n) is 9.81. The third-order valence-electron chi connectivity index (χ3n) is 7.69. The van der Waals surface area contributed by atoms with E-state index in [-0.39, 0.29) is 24.8 Å². The van der Waals surface area contributed by atoms with Gasteiger partial charge in [0.25, 0.3) is 0 Å². The van der Waals surface area contributed by atoms with Crippen molar-refractivity contribution in [3.05, 3.63) is 43.8 Å². The quantitative estimate of drug-likeness (QED) is 0.478. The molecule has 0 amide bonds. The van der Waals surface area contributed by atoms with E-state index >= 15 is 0 Å². The van der Waals surface area contributed by atoms with E-state index in [4.69, 9.17) is 0 Å². The Morgan fingerprint density at radius 2 is 1.59 bits per heavy atom. The first-order valence-corrected chi connectivity index (χ1v) is 13.9. The first kappa shape index (κ1) is 27.5. The number of hydrogen-bond acceptors (Lipinski definition) is 0. The average Bonchev–Trinajstić information content (AvgIpc) is 2.95. The number of unbranched alkanes of at least 4 members (excludes halogenated alkanes) is 1. The van der Waals surface area contributed by atoms with E-state index in [1.165, 1.54) is 57.8 Å². The first-order valence-electron chi connectivity index (χ1n) is 11.4. The third kappa shape index (κ3) is 5.81. The fourth-order valence-corrected chi connectivity index (χ4v) is 10.4. The van der Waals surface area contributed by atoms with Crippen LogP contribution >= 0.6 is 0 Å². The van der Waals surface area contributed by atoms with E-state index in [9.17, 15) is 0 Å². The Hall–Kier alpha value is 0.423. The fourth-order valence-electron chi connectivity index (χ4n) is 5.35. The Labute approximate surface area is 204 Å². The van der Waals surface area contributed by atoms with E-state index in [1.807, 2.05) is 3.28 Å². The van der Waals surface area contributed by atoms with Crippen LogP contribution in [0.25, 0.3) is 0 Å². The Morgan fingerprint density at radius 1 is 0.966 bits per heavy atom. The third-order valence-corrected chi connectivity index (χ3v) is 13.3. The zero-order valence-electron chi connectivity index (χ0n) is 19.4. The van der Waals surface area contributed by atoms with Gasteiger partial charge in [0.15, 0.2) is 0 Å². The van der Waals surface area contributed by atoms with Gasteiger partial charge in [-0.3, -0.25) is 0 Å². The number of rotatable bonds is 6. The van der Waals surface area contributed by atoms with Crippen molar-refractivity contribution >= 4 is 0 Å². The van der Waals surface area contributed by atoms with Gasteiger partial charge >= 0.3 is 181 Å². The van der Waals surface area contributed by atoms with Gasteiger partial charge in [0.1, 0.15) is 0 Å². The van der Waals surface area contributed by atoms with Crippen LogP contribution in [0, 0.1) is 11.3 Å². The summed E-state index contributed by atoms with van der Waals surface area (Å²) >= 11 is -0.737. The number of halogens is 2. The second-order valence-corrected chi connectivity index (χ2v) is 13.9. The number of allylic oxidation sites excluding steroid dienone is 8. The van der Waals surface area contributed by atoms with Crippen LogP contribution in [0.4, 0.5) is 0 Å². The average molecular weight is 515 g/mol. The molecule has 0 aliphatic heterocycles. The van der Waals surface area contributed by atoms with Gasteiger partial charge in [-0.2, -0.15) is 0 Å². The summed E-state index contributed by atoms with van der Waals surface area (Å²) in [5.74, 6) is 0.847. The standard InChI is InChI=1S/C16H25.C10H15.2ClH.Zr/c1-2-3-8-14-11-12-16(13-14)15-9-6-4-5-7-10-15;1-7-6-10(4,5)9(3)8(7)2;;;/h11-13,15H,2-10H2,1H3;1-5H3;2*1H;/q;;;;+2/p-2. The van der Waals surface area contributed by atoms with Crippen molar-refractivity contribution in [3.8, 4) is 0 Å². The monoisotopic (exact) mass is 512 g/mol. The molecule has 0 saturated heterocycles. The smallest absolute Gasteiger partial charge is 1.00 e. The maximum absolute atomic E-state index is 2.80. The molecule has 0 N–H and O–H groups in total. The van der Waals surface area contributed by atoms with Crippen molar-refractivity contribution in [1.29, 1.82) is 0 Å². The van der Waals surface area contributed by atoms with Crippen molar-refractivity contribution in [3.63, 3.8) is 0 Å². The largest absolute Gasteiger partial charge is 1.00 e. The first-order chi connectivity index (χ1) is 12.8. The molecule has 3 aliphatic carbocycles. The van der Waals surface area contributed by atoms with E-state index < -0.39 is 23.2 Å². The van der Waals surface area contributed by atoms with Gasteiger partial charge in [-0.25, -0.2) is 0 Å². The topological polar surface area (TPSA) is 0 Å². The van der Waals surface area contributed by atoms with Crippen LogP contribution in [0.5, 0.6) is 0 Å². The predicted octanol–water partition coefficient (Wildman–Crippen LogP) is 2.54. The van der Waals surface area contributed by atoms with Crippen molar-refractivity contribution in [1.82, 2.24) is 0 Å². The molecule has 3 aliphatic rings. The summed E-state index contributed by atoms with van der Waals surface area (Å²) < 4.78 is 2.29. The summed E-state index contributed by atoms with van der Waals surface area (Å²) in [5.41, 5.74) is 6.86. The molecule has 0 spiro atoms. The summed E-state index contributed by atoms with van der Waals surface area (Å²) in [7, 11) is 0. The SMILES string of the molecule is CCCC[C]1([Zr+2][C]2=C(C)C(C)=C(C)C2(C)C)C=CC(C2CCCCCC2)=C1.[Cl-].[Cl-]. The molecule has 0 bridgehead atoms. The molecule has 0 aromatic heterocycles. The van der Waals surface area contributed by atoms with Crippen LogP contribution in [-0.2, 0) is 23.2 Å². The summed E-state index contributed by atoms with van der Waals surface area (Å²) in [5, 5.41) is 0. The van der Waals surface area contributed by atoms with E-state index in [1.54, 1.807) is 22.3 Å². The second kappa shape index (κ2) is 11.3. The summed E-state index contributed by atoms with van der Waals surface area (Å²) in [6.45, 7) is 14.5. The van der Waals surface area contributed by atoms with Crippen molar-refractivity contribution < 1.29 is 48.0 Å². The van der Waals surface area contributed by atoms with Gasteiger partial charge in [0, 0.05) is 0 Å². The Balaban J connectivity index is 0.00000210. The summed E-state index contributed by atoms with van der Waals surface area (Å²) in [6.07, 6.45) is 20.8. The van der Waals surface area contributed by atoms with Gasteiger partial charge in [-0.05, 0) is 0 Å². The fraction of sp³-hybridized carbons (Fsp3) is 0.692. The van der Waals surface area contributed by atoms with E-state index in [2.05, 4.69) is 59.8 Å². The molecule has 0 aromatic rings. The van der Waals surface area contributed by atoms with E-state index in [0.717, 1.165) is 5.92 Å². The molecular formula is C26H40Cl2Zr. The van der Waals surface area contributed by atoms with E-state index in [0.29, 0.717) is 8.54 Å². The molecule has 0 radical (unpaired) electrons. The van der Waals surface area contributed by atoms with Gasteiger partial charge in [0.05, 0.1) is 0 Å². The zero-order valence-corrected chi connectivity index (χ0v) is 23.4. The molecule has 0 heterocycles. The van der Waals surface area contributed by atoms with Crippen LogP contribution in [-0.4, -0.2) is 0 Å². The molecule has 1 fully saturated rings. The van der Waals surface area contributed by atoms with Crippen LogP contribution in [0.2, 0.25) is 3.12 Å². The maximum Gasteiger partial charge on any atom is -1.00 e. The predicted molar refractivity (Wildman–Crippen MR) is 115 cm³/mol. The molecule has 1 atom stereocenters. The molecule has 29 heavy (non-hydrogen) atoms. The molecule has 0 aromatic carbocycles. The Morgan fingerprint density at radius 3 is 2.10 bits per heavy atom.